The summed E-state index contributed by atoms with van der Waals surface area (Å²) in [5, 5.41) is 1.57. The molecule has 1 aliphatic rings. The maximum Gasteiger partial charge on any atom is 0.250 e. The number of hydrogen-bond acceptors (Lipinski definition) is 5. The number of carbonyl (C=O) groups excluding carboxylic acids is 1. The Labute approximate surface area is 151 Å². The van der Waals surface area contributed by atoms with Crippen molar-refractivity contribution in [2.45, 2.75) is 12.3 Å². The van der Waals surface area contributed by atoms with Crippen molar-refractivity contribution in [3.8, 4) is 0 Å². The van der Waals surface area contributed by atoms with Gasteiger partial charge in [-0.25, -0.2) is 18.2 Å². The Morgan fingerprint density at radius 2 is 1.88 bits per heavy atom. The number of aryl methyl sites for hydroxylation is 1. The summed E-state index contributed by atoms with van der Waals surface area (Å²) < 4.78 is 40.6. The summed E-state index contributed by atoms with van der Waals surface area (Å²) in [7, 11) is -3.93. The Kier molecular flexibility index (Phi) is 5.21. The first-order valence-corrected chi connectivity index (χ1v) is 9.53. The highest BCUT2D eigenvalue weighted by Crippen LogP contribution is 2.20. The zero-order valence-corrected chi connectivity index (χ0v) is 14.8. The van der Waals surface area contributed by atoms with Gasteiger partial charge in [-0.15, -0.1) is 0 Å². The molecule has 138 valence electrons. The van der Waals surface area contributed by atoms with Gasteiger partial charge in [-0.3, -0.25) is 14.9 Å². The van der Waals surface area contributed by atoms with Crippen LogP contribution in [0.1, 0.15) is 5.56 Å². The van der Waals surface area contributed by atoms with Crippen molar-refractivity contribution in [3.63, 3.8) is 0 Å². The maximum atomic E-state index is 13.0. The summed E-state index contributed by atoms with van der Waals surface area (Å²) >= 11 is 0. The van der Waals surface area contributed by atoms with Gasteiger partial charge in [-0.05, 0) is 48.9 Å². The summed E-state index contributed by atoms with van der Waals surface area (Å²) in [6.07, 6.45) is 0. The standard InChI is InChI=1S/C17H19FN4O3S/c1-11-3-2-4-14(9-11)20-16(23)15-10-19-21-17(15)26(24,25)22-13-7-5-12(18)6-8-13/h2-9,15,17,19,21-22H,10H2,1H3,(H,20,23). The van der Waals surface area contributed by atoms with E-state index < -0.39 is 33.0 Å². The number of carbonyl (C=O) groups is 1. The first-order chi connectivity index (χ1) is 12.3. The van der Waals surface area contributed by atoms with E-state index in [1.807, 2.05) is 13.0 Å². The Hall–Kier alpha value is -2.49. The summed E-state index contributed by atoms with van der Waals surface area (Å²) in [6, 6.07) is 12.2. The minimum absolute atomic E-state index is 0.159. The second kappa shape index (κ2) is 7.40. The third-order valence-corrected chi connectivity index (χ3v) is 5.63. The molecule has 0 radical (unpaired) electrons. The van der Waals surface area contributed by atoms with Gasteiger partial charge < -0.3 is 5.32 Å². The van der Waals surface area contributed by atoms with Crippen LogP contribution in [0.25, 0.3) is 0 Å². The molecule has 2 unspecified atom stereocenters. The van der Waals surface area contributed by atoms with Crippen molar-refractivity contribution in [1.82, 2.24) is 10.9 Å². The van der Waals surface area contributed by atoms with E-state index in [0.29, 0.717) is 5.69 Å². The molecule has 0 aromatic heterocycles. The Bertz CT molecular complexity index is 902. The predicted octanol–water partition coefficient (Wildman–Crippen LogP) is 1.56. The largest absolute Gasteiger partial charge is 0.326 e. The van der Waals surface area contributed by atoms with Gasteiger partial charge in [-0.2, -0.15) is 0 Å². The van der Waals surface area contributed by atoms with Gasteiger partial charge in [0.2, 0.25) is 5.91 Å². The van der Waals surface area contributed by atoms with Crippen molar-refractivity contribution < 1.29 is 17.6 Å². The molecule has 0 spiro atoms. The fourth-order valence-corrected chi connectivity index (χ4v) is 4.19. The second-order valence-electron chi connectivity index (χ2n) is 6.07. The van der Waals surface area contributed by atoms with Crippen LogP contribution in [-0.4, -0.2) is 26.2 Å². The summed E-state index contributed by atoms with van der Waals surface area (Å²) in [5.41, 5.74) is 7.13. The van der Waals surface area contributed by atoms with Gasteiger partial charge in [0.15, 0.2) is 5.37 Å². The molecule has 1 amide bonds. The number of benzene rings is 2. The molecule has 1 aliphatic heterocycles. The lowest BCUT2D eigenvalue weighted by molar-refractivity contribution is -0.119. The molecule has 0 aliphatic carbocycles. The van der Waals surface area contributed by atoms with Gasteiger partial charge >= 0.3 is 0 Å². The maximum absolute atomic E-state index is 13.0. The first kappa shape index (κ1) is 18.3. The number of halogens is 1. The molecule has 2 aromatic carbocycles. The predicted molar refractivity (Wildman–Crippen MR) is 97.2 cm³/mol. The van der Waals surface area contributed by atoms with Crippen molar-refractivity contribution in [1.29, 1.82) is 0 Å². The lowest BCUT2D eigenvalue weighted by atomic mass is 10.1. The van der Waals surface area contributed by atoms with Crippen molar-refractivity contribution in [3.05, 3.63) is 59.9 Å². The Morgan fingerprint density at radius 1 is 1.15 bits per heavy atom. The quantitative estimate of drug-likeness (QED) is 0.633. The number of sulfonamides is 1. The van der Waals surface area contributed by atoms with Gasteiger partial charge in [0.05, 0.1) is 5.92 Å². The molecule has 1 fully saturated rings. The molecular weight excluding hydrogens is 359 g/mol. The topological polar surface area (TPSA) is 99.3 Å². The normalized spacial score (nSPS) is 19.9. The van der Waals surface area contributed by atoms with E-state index >= 15 is 0 Å². The van der Waals surface area contributed by atoms with Crippen LogP contribution in [0.3, 0.4) is 0 Å². The number of hydrazine groups is 1. The summed E-state index contributed by atoms with van der Waals surface area (Å²) in [4.78, 5) is 12.5. The van der Waals surface area contributed by atoms with Crippen LogP contribution in [-0.2, 0) is 14.8 Å². The Morgan fingerprint density at radius 3 is 2.58 bits per heavy atom. The van der Waals surface area contributed by atoms with E-state index in [1.165, 1.54) is 12.1 Å². The number of rotatable bonds is 5. The Balaban J connectivity index is 1.74. The smallest absolute Gasteiger partial charge is 0.250 e. The van der Waals surface area contributed by atoms with Gasteiger partial charge in [0.25, 0.3) is 10.0 Å². The highest BCUT2D eigenvalue weighted by atomic mass is 32.2. The van der Waals surface area contributed by atoms with Crippen LogP contribution in [0.4, 0.5) is 15.8 Å². The highest BCUT2D eigenvalue weighted by molar-refractivity contribution is 7.93. The lowest BCUT2D eigenvalue weighted by Gasteiger charge is -2.19. The number of anilines is 2. The second-order valence-corrected chi connectivity index (χ2v) is 7.87. The van der Waals surface area contributed by atoms with Crippen LogP contribution in [0.5, 0.6) is 0 Å². The average molecular weight is 378 g/mol. The van der Waals surface area contributed by atoms with E-state index in [9.17, 15) is 17.6 Å². The molecule has 1 saturated heterocycles. The van der Waals surface area contributed by atoms with Crippen molar-refractivity contribution in [2.75, 3.05) is 16.6 Å². The van der Waals surface area contributed by atoms with E-state index in [2.05, 4.69) is 20.9 Å². The molecule has 9 heteroatoms. The molecule has 3 rings (SSSR count). The first-order valence-electron chi connectivity index (χ1n) is 7.98. The number of nitrogens with one attached hydrogen (secondary N) is 4. The van der Waals surface area contributed by atoms with Crippen molar-refractivity contribution in [2.24, 2.45) is 5.92 Å². The number of amides is 1. The SMILES string of the molecule is Cc1cccc(NC(=O)C2CNNC2S(=O)(=O)Nc2ccc(F)cc2)c1. The molecule has 7 nitrogen and oxygen atoms in total. The van der Waals surface area contributed by atoms with Crippen LogP contribution in [0.2, 0.25) is 0 Å². The van der Waals surface area contributed by atoms with Crippen molar-refractivity contribution >= 4 is 27.3 Å². The molecule has 4 N–H and O–H groups in total. The fraction of sp³-hybridized carbons (Fsp3) is 0.235. The molecule has 2 aromatic rings. The van der Waals surface area contributed by atoms with Crippen LogP contribution in [0.15, 0.2) is 48.5 Å². The minimum atomic E-state index is -3.93. The average Bonchev–Trinajstić information content (AvgIpc) is 3.08. The third kappa shape index (κ3) is 4.18. The third-order valence-electron chi connectivity index (χ3n) is 3.99. The molecule has 0 saturated carbocycles. The summed E-state index contributed by atoms with van der Waals surface area (Å²) in [6.45, 7) is 2.06. The number of hydrogen-bond donors (Lipinski definition) is 4. The zero-order valence-electron chi connectivity index (χ0n) is 14.0. The van der Waals surface area contributed by atoms with E-state index in [0.717, 1.165) is 17.7 Å². The minimum Gasteiger partial charge on any atom is -0.326 e. The van der Waals surface area contributed by atoms with Gasteiger partial charge in [0.1, 0.15) is 5.82 Å². The zero-order chi connectivity index (χ0) is 18.7. The van der Waals surface area contributed by atoms with E-state index in [1.54, 1.807) is 18.2 Å². The van der Waals surface area contributed by atoms with E-state index in [-0.39, 0.29) is 12.2 Å². The van der Waals surface area contributed by atoms with Crippen LogP contribution < -0.4 is 20.9 Å². The fourth-order valence-electron chi connectivity index (χ4n) is 2.70. The molecule has 2 atom stereocenters. The monoisotopic (exact) mass is 378 g/mol. The van der Waals surface area contributed by atoms with Crippen LogP contribution >= 0.6 is 0 Å². The molecule has 0 bridgehead atoms. The molecule has 1 heterocycles. The van der Waals surface area contributed by atoms with Crippen LogP contribution in [0, 0.1) is 18.7 Å². The van der Waals surface area contributed by atoms with E-state index in [4.69, 9.17) is 0 Å². The summed E-state index contributed by atoms with van der Waals surface area (Å²) in [5.74, 6) is -1.72. The van der Waals surface area contributed by atoms with Gasteiger partial charge in [-0.1, -0.05) is 12.1 Å². The molecular formula is C17H19FN4O3S. The highest BCUT2D eigenvalue weighted by Gasteiger charge is 2.41. The van der Waals surface area contributed by atoms with Gasteiger partial charge in [0, 0.05) is 17.9 Å². The molecule has 26 heavy (non-hydrogen) atoms. The lowest BCUT2D eigenvalue weighted by Crippen LogP contribution is -2.45.